The maximum atomic E-state index is 12.3. The Kier molecular flexibility index (Phi) is 4.87. The van der Waals surface area contributed by atoms with Gasteiger partial charge in [-0.25, -0.2) is 5.10 Å². The summed E-state index contributed by atoms with van der Waals surface area (Å²) in [4.78, 5) is 12.3. The lowest BCUT2D eigenvalue weighted by atomic mass is 9.93. The van der Waals surface area contributed by atoms with Gasteiger partial charge in [0.15, 0.2) is 0 Å². The van der Waals surface area contributed by atoms with E-state index in [1.807, 2.05) is 49.5 Å². The van der Waals surface area contributed by atoms with Crippen LogP contribution in [0.5, 0.6) is 5.75 Å². The zero-order chi connectivity index (χ0) is 24.1. The number of aromatic amines is 1. The average Bonchev–Trinajstić information content (AvgIpc) is 3.62. The first-order chi connectivity index (χ1) is 17.1. The maximum Gasteiger partial charge on any atom is 0.272 e. The summed E-state index contributed by atoms with van der Waals surface area (Å²) < 4.78 is 8.04. The number of benzene rings is 3. The molecule has 1 fully saturated rings. The number of rotatable bonds is 5. The third-order valence-electron chi connectivity index (χ3n) is 6.49. The number of fused-ring (bicyclic) bond motifs is 2. The van der Waals surface area contributed by atoms with Crippen LogP contribution >= 0.6 is 0 Å². The Balaban J connectivity index is 1.62. The van der Waals surface area contributed by atoms with E-state index in [1.165, 1.54) is 0 Å². The number of hydrogen-bond acceptors (Lipinski definition) is 6. The van der Waals surface area contributed by atoms with E-state index in [2.05, 4.69) is 21.4 Å². The summed E-state index contributed by atoms with van der Waals surface area (Å²) in [5.74, 6) is 0.620. The molecule has 2 aromatic heterocycles. The molecule has 0 aliphatic heterocycles. The highest BCUT2D eigenvalue weighted by Crippen LogP contribution is 2.43. The van der Waals surface area contributed by atoms with Gasteiger partial charge in [-0.05, 0) is 42.0 Å². The number of H-pyrrole nitrogens is 1. The van der Waals surface area contributed by atoms with E-state index in [9.17, 15) is 10.1 Å². The van der Waals surface area contributed by atoms with Crippen LogP contribution in [-0.2, 0) is 13.6 Å². The lowest BCUT2D eigenvalue weighted by Crippen LogP contribution is -2.13. The zero-order valence-electron chi connectivity index (χ0n) is 19.1. The molecule has 0 radical (unpaired) electrons. The Labute approximate surface area is 200 Å². The van der Waals surface area contributed by atoms with Crippen LogP contribution in [0.3, 0.4) is 0 Å². The predicted molar refractivity (Wildman–Crippen MR) is 134 cm³/mol. The van der Waals surface area contributed by atoms with Crippen molar-refractivity contribution in [1.82, 2.24) is 20.0 Å². The minimum absolute atomic E-state index is 0.146. The lowest BCUT2D eigenvalue weighted by molar-refractivity contribution is 0.306. The summed E-state index contributed by atoms with van der Waals surface area (Å²) in [5, 5.41) is 24.5. The number of nitrogens with one attached hydrogen (secondary N) is 1. The molecule has 6 rings (SSSR count). The van der Waals surface area contributed by atoms with Crippen molar-refractivity contribution in [3.63, 3.8) is 0 Å². The van der Waals surface area contributed by atoms with Gasteiger partial charge >= 0.3 is 0 Å². The Morgan fingerprint density at radius 1 is 1.14 bits per heavy atom. The molecule has 0 unspecified atom stereocenters. The Morgan fingerprint density at radius 2 is 1.97 bits per heavy atom. The minimum atomic E-state index is -0.265. The van der Waals surface area contributed by atoms with E-state index < -0.39 is 0 Å². The van der Waals surface area contributed by atoms with Crippen molar-refractivity contribution in [2.24, 2.45) is 12.8 Å². The third-order valence-corrected chi connectivity index (χ3v) is 6.49. The maximum absolute atomic E-state index is 12.3. The van der Waals surface area contributed by atoms with Crippen LogP contribution in [0, 0.1) is 11.3 Å². The van der Waals surface area contributed by atoms with Crippen molar-refractivity contribution < 1.29 is 4.74 Å². The van der Waals surface area contributed by atoms with Gasteiger partial charge in [0.05, 0.1) is 29.1 Å². The largest absolute Gasteiger partial charge is 0.488 e. The first-order valence-electron chi connectivity index (χ1n) is 11.5. The van der Waals surface area contributed by atoms with Crippen LogP contribution in [0.15, 0.2) is 59.5 Å². The van der Waals surface area contributed by atoms with E-state index in [0.29, 0.717) is 27.8 Å². The van der Waals surface area contributed by atoms with Crippen LogP contribution < -0.4 is 16.0 Å². The molecule has 1 saturated carbocycles. The van der Waals surface area contributed by atoms with Gasteiger partial charge in [-0.3, -0.25) is 9.48 Å². The standard InChI is InChI=1S/C27H22N6O2/c1-33-25(21-11-15-4-2-3-5-18(15)26(22(21)12-28)35-17-7-8-17)23(14-30-33)16-6-9-19-20(10-16)24(13-29)31-32-27(19)34/h2-6,9-11,14,17H,7-8,13,29H2,1H3,(H,32,34). The molecule has 0 atom stereocenters. The van der Waals surface area contributed by atoms with Gasteiger partial charge in [-0.15, -0.1) is 0 Å². The van der Waals surface area contributed by atoms with Crippen LogP contribution in [-0.4, -0.2) is 26.1 Å². The van der Waals surface area contributed by atoms with Crippen molar-refractivity contribution in [2.75, 3.05) is 0 Å². The molecule has 3 aromatic carbocycles. The molecule has 1 aliphatic rings. The molecule has 35 heavy (non-hydrogen) atoms. The van der Waals surface area contributed by atoms with Crippen LogP contribution in [0.2, 0.25) is 0 Å². The quantitative estimate of drug-likeness (QED) is 0.407. The lowest BCUT2D eigenvalue weighted by Gasteiger charge is -2.16. The molecule has 0 amide bonds. The van der Waals surface area contributed by atoms with Crippen LogP contribution in [0.25, 0.3) is 43.9 Å². The summed E-state index contributed by atoms with van der Waals surface area (Å²) in [6.45, 7) is 0.196. The molecule has 0 spiro atoms. The van der Waals surface area contributed by atoms with Gasteiger partial charge < -0.3 is 10.5 Å². The van der Waals surface area contributed by atoms with Gasteiger partial charge in [0, 0.05) is 35.5 Å². The second-order valence-corrected chi connectivity index (χ2v) is 8.77. The number of nitrogens with two attached hydrogens (primary N) is 1. The third kappa shape index (κ3) is 3.45. The Bertz CT molecular complexity index is 1720. The molecule has 172 valence electrons. The van der Waals surface area contributed by atoms with Crippen LogP contribution in [0.4, 0.5) is 0 Å². The number of ether oxygens (including phenoxy) is 1. The molecular weight excluding hydrogens is 440 g/mol. The summed E-state index contributed by atoms with van der Waals surface area (Å²) in [6.07, 6.45) is 3.91. The molecule has 5 aromatic rings. The first-order valence-corrected chi connectivity index (χ1v) is 11.5. The van der Waals surface area contributed by atoms with Gasteiger partial charge in [0.2, 0.25) is 0 Å². The first kappa shape index (κ1) is 21.1. The number of aromatic nitrogens is 4. The topological polar surface area (TPSA) is 123 Å². The molecule has 1 aliphatic carbocycles. The fourth-order valence-corrected chi connectivity index (χ4v) is 4.60. The summed E-state index contributed by atoms with van der Waals surface area (Å²) in [6, 6.07) is 17.9. The normalized spacial score (nSPS) is 13.3. The molecule has 2 heterocycles. The molecule has 0 saturated heterocycles. The highest BCUT2D eigenvalue weighted by atomic mass is 16.5. The molecule has 8 heteroatoms. The fraction of sp³-hybridized carbons (Fsp3) is 0.185. The van der Waals surface area contributed by atoms with E-state index in [-0.39, 0.29) is 18.2 Å². The van der Waals surface area contributed by atoms with Gasteiger partial charge in [0.1, 0.15) is 17.4 Å². The number of nitrogens with zero attached hydrogens (tertiary/aromatic N) is 4. The highest BCUT2D eigenvalue weighted by Gasteiger charge is 2.28. The molecule has 0 bridgehead atoms. The second kappa shape index (κ2) is 8.08. The monoisotopic (exact) mass is 462 g/mol. The highest BCUT2D eigenvalue weighted by molar-refractivity contribution is 5.99. The van der Waals surface area contributed by atoms with Crippen molar-refractivity contribution in [3.8, 4) is 34.2 Å². The summed E-state index contributed by atoms with van der Waals surface area (Å²) in [7, 11) is 1.86. The molecular formula is C27H22N6O2. The summed E-state index contributed by atoms with van der Waals surface area (Å²) in [5.41, 5.74) is 9.94. The SMILES string of the molecule is Cn1ncc(-c2ccc3c(=O)[nH]nc(CN)c3c2)c1-c1cc2ccccc2c(OC2CC2)c1C#N. The average molecular weight is 463 g/mol. The van der Waals surface area contributed by atoms with Gasteiger partial charge in [-0.1, -0.05) is 30.3 Å². The second-order valence-electron chi connectivity index (χ2n) is 8.77. The van der Waals surface area contributed by atoms with E-state index in [0.717, 1.165) is 46.0 Å². The fourth-order valence-electron chi connectivity index (χ4n) is 4.60. The van der Waals surface area contributed by atoms with Gasteiger partial charge in [0.25, 0.3) is 5.56 Å². The Morgan fingerprint density at radius 3 is 2.74 bits per heavy atom. The van der Waals surface area contributed by atoms with Crippen molar-refractivity contribution in [3.05, 3.63) is 76.3 Å². The van der Waals surface area contributed by atoms with E-state index in [4.69, 9.17) is 10.5 Å². The van der Waals surface area contributed by atoms with E-state index >= 15 is 0 Å². The smallest absolute Gasteiger partial charge is 0.272 e. The van der Waals surface area contributed by atoms with Gasteiger partial charge in [-0.2, -0.15) is 15.5 Å². The van der Waals surface area contributed by atoms with Crippen molar-refractivity contribution in [2.45, 2.75) is 25.5 Å². The Hall–Kier alpha value is -4.48. The summed E-state index contributed by atoms with van der Waals surface area (Å²) >= 11 is 0. The zero-order valence-corrected chi connectivity index (χ0v) is 19.1. The number of nitriles is 1. The van der Waals surface area contributed by atoms with E-state index in [1.54, 1.807) is 16.9 Å². The number of hydrogen-bond donors (Lipinski definition) is 2. The number of aryl methyl sites for hydroxylation is 1. The molecule has 3 N–H and O–H groups in total. The minimum Gasteiger partial charge on any atom is -0.488 e. The predicted octanol–water partition coefficient (Wildman–Crippen LogP) is 4.02. The molecule has 8 nitrogen and oxygen atoms in total. The van der Waals surface area contributed by atoms with Crippen LogP contribution in [0.1, 0.15) is 24.1 Å². The van der Waals surface area contributed by atoms with Crippen molar-refractivity contribution >= 4 is 21.5 Å². The van der Waals surface area contributed by atoms with Crippen molar-refractivity contribution in [1.29, 1.82) is 5.26 Å².